The lowest BCUT2D eigenvalue weighted by molar-refractivity contribution is 0.296. The molecule has 0 spiro atoms. The first-order valence-electron chi connectivity index (χ1n) is 5.26. The zero-order chi connectivity index (χ0) is 13.1. The van der Waals surface area contributed by atoms with Crippen LogP contribution in [0.15, 0.2) is 24.3 Å². The summed E-state index contributed by atoms with van der Waals surface area (Å²) in [4.78, 5) is 1.88. The van der Waals surface area contributed by atoms with Crippen LogP contribution in [0.5, 0.6) is 0 Å². The molecular weight excluding hydrogens is 240 g/mol. The van der Waals surface area contributed by atoms with Gasteiger partial charge in [0.15, 0.2) is 0 Å². The lowest BCUT2D eigenvalue weighted by Gasteiger charge is -2.16. The Balaban J connectivity index is 2.92. The second-order valence-electron chi connectivity index (χ2n) is 4.09. The summed E-state index contributed by atoms with van der Waals surface area (Å²) in [6.45, 7) is 1.06. The van der Waals surface area contributed by atoms with E-state index >= 15 is 0 Å². The molecule has 96 valence electrons. The van der Waals surface area contributed by atoms with Crippen LogP contribution in [0.1, 0.15) is 6.92 Å². The standard InChI is InChI=1S/C11H18N2O3S/c1-9(8-14)17(15,16)12-10-5-4-6-11(7-10)13(2)3/h4-7,9,12,14H,8H2,1-3H3. The molecule has 0 aliphatic rings. The molecule has 0 saturated carbocycles. The molecule has 0 saturated heterocycles. The Morgan fingerprint density at radius 1 is 1.41 bits per heavy atom. The van der Waals surface area contributed by atoms with Gasteiger partial charge in [-0.25, -0.2) is 8.42 Å². The summed E-state index contributed by atoms with van der Waals surface area (Å²) in [6, 6.07) is 7.07. The van der Waals surface area contributed by atoms with Crippen molar-refractivity contribution in [2.24, 2.45) is 0 Å². The normalized spacial score (nSPS) is 13.2. The first kappa shape index (κ1) is 13.8. The molecule has 0 radical (unpaired) electrons. The minimum Gasteiger partial charge on any atom is -0.395 e. The summed E-state index contributed by atoms with van der Waals surface area (Å²) in [5.74, 6) is 0. The van der Waals surface area contributed by atoms with Crippen molar-refractivity contribution in [1.29, 1.82) is 0 Å². The maximum atomic E-state index is 11.7. The number of hydrogen-bond acceptors (Lipinski definition) is 4. The van der Waals surface area contributed by atoms with Gasteiger partial charge in [-0.05, 0) is 25.1 Å². The monoisotopic (exact) mass is 258 g/mol. The molecule has 17 heavy (non-hydrogen) atoms. The van der Waals surface area contributed by atoms with E-state index in [0.717, 1.165) is 5.69 Å². The second-order valence-corrected chi connectivity index (χ2v) is 6.18. The average molecular weight is 258 g/mol. The Labute approximate surface area is 102 Å². The third kappa shape index (κ3) is 3.61. The molecule has 0 aliphatic heterocycles. The molecule has 0 aliphatic carbocycles. The highest BCUT2D eigenvalue weighted by Crippen LogP contribution is 2.19. The van der Waals surface area contributed by atoms with Gasteiger partial charge in [0.2, 0.25) is 10.0 Å². The third-order valence-corrected chi connectivity index (χ3v) is 4.14. The lowest BCUT2D eigenvalue weighted by atomic mass is 10.3. The number of nitrogens with one attached hydrogen (secondary N) is 1. The number of rotatable bonds is 5. The van der Waals surface area contributed by atoms with E-state index in [-0.39, 0.29) is 0 Å². The van der Waals surface area contributed by atoms with Crippen LogP contribution in [0.2, 0.25) is 0 Å². The van der Waals surface area contributed by atoms with Crippen LogP contribution >= 0.6 is 0 Å². The molecule has 0 heterocycles. The maximum Gasteiger partial charge on any atom is 0.237 e. The molecule has 0 amide bonds. The summed E-state index contributed by atoms with van der Waals surface area (Å²) in [5.41, 5.74) is 1.40. The summed E-state index contributed by atoms with van der Waals surface area (Å²) in [5, 5.41) is 8.04. The van der Waals surface area contributed by atoms with Gasteiger partial charge in [-0.1, -0.05) is 6.07 Å². The van der Waals surface area contributed by atoms with Gasteiger partial charge in [0.1, 0.15) is 5.25 Å². The quantitative estimate of drug-likeness (QED) is 0.822. The van der Waals surface area contributed by atoms with E-state index in [1.807, 2.05) is 25.1 Å². The minimum atomic E-state index is -3.52. The van der Waals surface area contributed by atoms with Crippen LogP contribution in [0.4, 0.5) is 11.4 Å². The Morgan fingerprint density at radius 2 is 2.06 bits per heavy atom. The molecule has 1 rings (SSSR count). The van der Waals surface area contributed by atoms with Crippen LogP contribution in [0.25, 0.3) is 0 Å². The van der Waals surface area contributed by atoms with Crippen molar-refractivity contribution in [3.05, 3.63) is 24.3 Å². The van der Waals surface area contributed by atoms with E-state index in [1.165, 1.54) is 6.92 Å². The van der Waals surface area contributed by atoms with Gasteiger partial charge in [0.05, 0.1) is 12.3 Å². The molecule has 0 aromatic heterocycles. The second kappa shape index (κ2) is 5.37. The highest BCUT2D eigenvalue weighted by Gasteiger charge is 2.19. The number of anilines is 2. The summed E-state index contributed by atoms with van der Waals surface area (Å²) < 4.78 is 25.9. The largest absolute Gasteiger partial charge is 0.395 e. The lowest BCUT2D eigenvalue weighted by Crippen LogP contribution is -2.28. The molecular formula is C11H18N2O3S. The predicted octanol–water partition coefficient (Wildman–Crippen LogP) is 0.875. The highest BCUT2D eigenvalue weighted by molar-refractivity contribution is 7.93. The van der Waals surface area contributed by atoms with Gasteiger partial charge in [0, 0.05) is 19.8 Å². The topological polar surface area (TPSA) is 69.6 Å². The van der Waals surface area contributed by atoms with Crippen LogP contribution in [0.3, 0.4) is 0 Å². The fourth-order valence-corrected chi connectivity index (χ4v) is 2.06. The van der Waals surface area contributed by atoms with Gasteiger partial charge in [0.25, 0.3) is 0 Å². The van der Waals surface area contributed by atoms with E-state index in [4.69, 9.17) is 5.11 Å². The molecule has 0 fully saturated rings. The first-order valence-corrected chi connectivity index (χ1v) is 6.81. The third-order valence-electron chi connectivity index (χ3n) is 2.41. The number of hydrogen-bond donors (Lipinski definition) is 2. The van der Waals surface area contributed by atoms with Crippen LogP contribution < -0.4 is 9.62 Å². The Kier molecular flexibility index (Phi) is 4.36. The Bertz CT molecular complexity index is 471. The minimum absolute atomic E-state index is 0.400. The molecule has 2 N–H and O–H groups in total. The first-order chi connectivity index (χ1) is 7.86. The van der Waals surface area contributed by atoms with Crippen molar-refractivity contribution in [3.63, 3.8) is 0 Å². The average Bonchev–Trinajstić information content (AvgIpc) is 2.27. The fourth-order valence-electron chi connectivity index (χ4n) is 1.21. The number of benzene rings is 1. The zero-order valence-corrected chi connectivity index (χ0v) is 11.0. The smallest absolute Gasteiger partial charge is 0.237 e. The van der Waals surface area contributed by atoms with E-state index in [1.54, 1.807) is 18.2 Å². The molecule has 1 unspecified atom stereocenters. The van der Waals surface area contributed by atoms with Crippen LogP contribution in [0, 0.1) is 0 Å². The van der Waals surface area contributed by atoms with Crippen LogP contribution in [-0.2, 0) is 10.0 Å². The molecule has 0 bridgehead atoms. The van der Waals surface area contributed by atoms with Gasteiger partial charge in [-0.15, -0.1) is 0 Å². The van der Waals surface area contributed by atoms with Crippen molar-refractivity contribution in [1.82, 2.24) is 0 Å². The van der Waals surface area contributed by atoms with Crippen molar-refractivity contribution >= 4 is 21.4 Å². The number of sulfonamides is 1. The predicted molar refractivity (Wildman–Crippen MR) is 69.9 cm³/mol. The van der Waals surface area contributed by atoms with Crippen molar-refractivity contribution < 1.29 is 13.5 Å². The molecule has 5 nitrogen and oxygen atoms in total. The fraction of sp³-hybridized carbons (Fsp3) is 0.455. The van der Waals surface area contributed by atoms with E-state index in [2.05, 4.69) is 4.72 Å². The molecule has 1 aromatic carbocycles. The van der Waals surface area contributed by atoms with E-state index in [9.17, 15) is 8.42 Å². The Hall–Kier alpha value is -1.27. The summed E-state index contributed by atoms with van der Waals surface area (Å²) in [6.07, 6.45) is 0. The highest BCUT2D eigenvalue weighted by atomic mass is 32.2. The van der Waals surface area contributed by atoms with Crippen molar-refractivity contribution in [2.75, 3.05) is 30.3 Å². The number of aliphatic hydroxyl groups is 1. The van der Waals surface area contributed by atoms with Gasteiger partial charge < -0.3 is 10.0 Å². The van der Waals surface area contributed by atoms with Crippen molar-refractivity contribution in [2.45, 2.75) is 12.2 Å². The van der Waals surface area contributed by atoms with Gasteiger partial charge in [-0.2, -0.15) is 0 Å². The van der Waals surface area contributed by atoms with Gasteiger partial charge in [-0.3, -0.25) is 4.72 Å². The summed E-state index contributed by atoms with van der Waals surface area (Å²) in [7, 11) is 0.233. The van der Waals surface area contributed by atoms with Crippen molar-refractivity contribution in [3.8, 4) is 0 Å². The number of aliphatic hydroxyl groups excluding tert-OH is 1. The Morgan fingerprint density at radius 3 is 2.59 bits per heavy atom. The molecule has 1 aromatic rings. The number of nitrogens with zero attached hydrogens (tertiary/aromatic N) is 1. The van der Waals surface area contributed by atoms with Gasteiger partial charge >= 0.3 is 0 Å². The van der Waals surface area contributed by atoms with Crippen LogP contribution in [-0.4, -0.2) is 39.5 Å². The SMILES string of the molecule is CC(CO)S(=O)(=O)Nc1cccc(N(C)C)c1. The zero-order valence-electron chi connectivity index (χ0n) is 10.2. The van der Waals surface area contributed by atoms with E-state index < -0.39 is 21.9 Å². The molecule has 1 atom stereocenters. The maximum absolute atomic E-state index is 11.7. The van der Waals surface area contributed by atoms with E-state index in [0.29, 0.717) is 5.69 Å². The summed E-state index contributed by atoms with van der Waals surface area (Å²) >= 11 is 0. The molecule has 6 heteroatoms.